The fourth-order valence-corrected chi connectivity index (χ4v) is 1.47. The highest BCUT2D eigenvalue weighted by atomic mass is 79.9. The number of hydrogen-bond acceptors (Lipinski definition) is 2. The Bertz CT molecular complexity index is 355. The summed E-state index contributed by atoms with van der Waals surface area (Å²) >= 11 is 3.29. The molecule has 0 bridgehead atoms. The lowest BCUT2D eigenvalue weighted by atomic mass is 10.1. The molecule has 0 aromatic heterocycles. The van der Waals surface area contributed by atoms with Crippen LogP contribution in [0.15, 0.2) is 18.2 Å². The van der Waals surface area contributed by atoms with E-state index in [4.69, 9.17) is 0 Å². The Labute approximate surface area is 89.2 Å². The molecule has 1 aromatic rings. The highest BCUT2D eigenvalue weighted by molar-refractivity contribution is 9.09. The van der Waals surface area contributed by atoms with Crippen LogP contribution in [0.1, 0.15) is 12.5 Å². The second kappa shape index (κ2) is 4.50. The molecule has 0 spiro atoms. The molecule has 76 valence electrons. The van der Waals surface area contributed by atoms with Crippen LogP contribution in [0.25, 0.3) is 0 Å². The molecule has 0 aliphatic rings. The number of halogens is 2. The number of nitro benzene ring substituents is 1. The molecule has 0 amide bonds. The van der Waals surface area contributed by atoms with Crippen LogP contribution < -0.4 is 0 Å². The number of rotatable bonds is 3. The van der Waals surface area contributed by atoms with E-state index in [1.54, 1.807) is 0 Å². The first kappa shape index (κ1) is 11.1. The fourth-order valence-electron chi connectivity index (χ4n) is 1.12. The third-order valence-electron chi connectivity index (χ3n) is 1.75. The fraction of sp³-hybridized carbons (Fsp3) is 0.333. The summed E-state index contributed by atoms with van der Waals surface area (Å²) in [5.41, 5.74) is 0.272. The minimum atomic E-state index is -0.607. The van der Waals surface area contributed by atoms with E-state index in [0.29, 0.717) is 12.0 Å². The monoisotopic (exact) mass is 261 g/mol. The van der Waals surface area contributed by atoms with Crippen LogP contribution in [0.4, 0.5) is 10.1 Å². The van der Waals surface area contributed by atoms with E-state index in [9.17, 15) is 14.5 Å². The van der Waals surface area contributed by atoms with Gasteiger partial charge in [0.15, 0.2) is 0 Å². The highest BCUT2D eigenvalue weighted by Gasteiger charge is 2.11. The number of nitrogens with zero attached hydrogens (tertiary/aromatic N) is 1. The molecule has 0 saturated heterocycles. The van der Waals surface area contributed by atoms with E-state index in [-0.39, 0.29) is 10.5 Å². The smallest absolute Gasteiger partial charge is 0.258 e. The minimum Gasteiger partial charge on any atom is -0.258 e. The van der Waals surface area contributed by atoms with E-state index in [0.717, 1.165) is 6.07 Å². The lowest BCUT2D eigenvalue weighted by Crippen LogP contribution is -2.00. The number of non-ortho nitro benzene ring substituents is 1. The van der Waals surface area contributed by atoms with Crippen molar-refractivity contribution in [3.8, 4) is 0 Å². The molecule has 0 saturated carbocycles. The van der Waals surface area contributed by atoms with Gasteiger partial charge in [0.05, 0.1) is 11.0 Å². The van der Waals surface area contributed by atoms with Gasteiger partial charge in [-0.25, -0.2) is 4.39 Å². The maximum atomic E-state index is 13.2. The molecule has 1 atom stereocenters. The Hall–Kier alpha value is -0.970. The standard InChI is InChI=1S/C9H9BrFNO2/c1-6(10)4-7-2-3-8(12(13)14)5-9(7)11/h2-3,5-6H,4H2,1H3. The maximum Gasteiger partial charge on any atom is 0.272 e. The molecule has 1 unspecified atom stereocenters. The van der Waals surface area contributed by atoms with Gasteiger partial charge in [0.25, 0.3) is 5.69 Å². The van der Waals surface area contributed by atoms with E-state index in [1.165, 1.54) is 12.1 Å². The van der Waals surface area contributed by atoms with Gasteiger partial charge in [0.2, 0.25) is 0 Å². The lowest BCUT2D eigenvalue weighted by Gasteiger charge is -2.04. The van der Waals surface area contributed by atoms with Gasteiger partial charge < -0.3 is 0 Å². The summed E-state index contributed by atoms with van der Waals surface area (Å²) in [5, 5.41) is 10.3. The van der Waals surface area contributed by atoms with Crippen molar-refractivity contribution in [3.05, 3.63) is 39.7 Å². The van der Waals surface area contributed by atoms with Gasteiger partial charge in [-0.15, -0.1) is 0 Å². The summed E-state index contributed by atoms with van der Waals surface area (Å²) < 4.78 is 13.2. The molecule has 14 heavy (non-hydrogen) atoms. The molecule has 3 nitrogen and oxygen atoms in total. The number of nitro groups is 1. The van der Waals surface area contributed by atoms with Crippen LogP contribution in [0, 0.1) is 15.9 Å². The Morgan fingerprint density at radius 1 is 1.64 bits per heavy atom. The van der Waals surface area contributed by atoms with Crippen LogP contribution >= 0.6 is 15.9 Å². The third kappa shape index (κ3) is 2.77. The molecule has 5 heteroatoms. The molecule has 0 fully saturated rings. The van der Waals surface area contributed by atoms with E-state index in [1.807, 2.05) is 6.92 Å². The first-order valence-electron chi connectivity index (χ1n) is 4.07. The highest BCUT2D eigenvalue weighted by Crippen LogP contribution is 2.19. The quantitative estimate of drug-likeness (QED) is 0.477. The largest absolute Gasteiger partial charge is 0.272 e. The summed E-state index contributed by atoms with van der Waals surface area (Å²) in [7, 11) is 0. The van der Waals surface area contributed by atoms with E-state index < -0.39 is 10.7 Å². The Morgan fingerprint density at radius 2 is 2.29 bits per heavy atom. The molecular weight excluding hydrogens is 253 g/mol. The van der Waals surface area contributed by atoms with Gasteiger partial charge in [-0.1, -0.05) is 22.9 Å². The van der Waals surface area contributed by atoms with Crippen LogP contribution in [-0.2, 0) is 6.42 Å². The van der Waals surface area contributed by atoms with Crippen LogP contribution in [0.3, 0.4) is 0 Å². The zero-order valence-electron chi connectivity index (χ0n) is 7.54. The van der Waals surface area contributed by atoms with Crippen LogP contribution in [0.2, 0.25) is 0 Å². The third-order valence-corrected chi connectivity index (χ3v) is 2.07. The first-order valence-corrected chi connectivity index (χ1v) is 4.99. The van der Waals surface area contributed by atoms with Crippen molar-refractivity contribution >= 4 is 21.6 Å². The molecular formula is C9H9BrFNO2. The average molecular weight is 262 g/mol. The topological polar surface area (TPSA) is 43.1 Å². The van der Waals surface area contributed by atoms with Gasteiger partial charge in [-0.05, 0) is 18.1 Å². The molecule has 0 N–H and O–H groups in total. The lowest BCUT2D eigenvalue weighted by molar-refractivity contribution is -0.385. The summed E-state index contributed by atoms with van der Waals surface area (Å²) in [4.78, 5) is 9.86. The number of alkyl halides is 1. The second-order valence-electron chi connectivity index (χ2n) is 3.02. The molecule has 1 rings (SSSR count). The zero-order valence-corrected chi connectivity index (χ0v) is 9.12. The molecule has 1 aromatic carbocycles. The van der Waals surface area contributed by atoms with Crippen molar-refractivity contribution < 1.29 is 9.31 Å². The predicted molar refractivity (Wildman–Crippen MR) is 55.1 cm³/mol. The molecule has 0 aliphatic heterocycles. The summed E-state index contributed by atoms with van der Waals surface area (Å²) in [5.74, 6) is -0.523. The Kier molecular flexibility index (Phi) is 3.57. The normalized spacial score (nSPS) is 12.5. The molecule has 0 aliphatic carbocycles. The SMILES string of the molecule is CC(Br)Cc1ccc([N+](=O)[O-])cc1F. The maximum absolute atomic E-state index is 13.2. The minimum absolute atomic E-state index is 0.151. The van der Waals surface area contributed by atoms with Gasteiger partial charge in [0.1, 0.15) is 5.82 Å². The number of benzene rings is 1. The van der Waals surface area contributed by atoms with Crippen molar-refractivity contribution in [2.45, 2.75) is 18.2 Å². The van der Waals surface area contributed by atoms with Gasteiger partial charge in [-0.2, -0.15) is 0 Å². The van der Waals surface area contributed by atoms with Gasteiger partial charge in [0, 0.05) is 10.9 Å². The molecule has 0 radical (unpaired) electrons. The van der Waals surface area contributed by atoms with Gasteiger partial charge in [-0.3, -0.25) is 10.1 Å². The molecule has 0 heterocycles. The van der Waals surface area contributed by atoms with Crippen LogP contribution in [0.5, 0.6) is 0 Å². The predicted octanol–water partition coefficient (Wildman–Crippen LogP) is 3.06. The van der Waals surface area contributed by atoms with Crippen molar-refractivity contribution in [1.29, 1.82) is 0 Å². The summed E-state index contributed by atoms with van der Waals surface area (Å²) in [6, 6.07) is 3.71. The van der Waals surface area contributed by atoms with Crippen molar-refractivity contribution in [2.75, 3.05) is 0 Å². The van der Waals surface area contributed by atoms with Crippen molar-refractivity contribution in [2.24, 2.45) is 0 Å². The van der Waals surface area contributed by atoms with Crippen molar-refractivity contribution in [3.63, 3.8) is 0 Å². The zero-order chi connectivity index (χ0) is 10.7. The Morgan fingerprint density at radius 3 is 2.71 bits per heavy atom. The van der Waals surface area contributed by atoms with Gasteiger partial charge >= 0.3 is 0 Å². The number of hydrogen-bond donors (Lipinski definition) is 0. The Balaban J connectivity index is 2.95. The second-order valence-corrected chi connectivity index (χ2v) is 4.58. The average Bonchev–Trinajstić information content (AvgIpc) is 2.07. The summed E-state index contributed by atoms with van der Waals surface area (Å²) in [6.07, 6.45) is 0.518. The van der Waals surface area contributed by atoms with E-state index >= 15 is 0 Å². The first-order chi connectivity index (χ1) is 6.50. The summed E-state index contributed by atoms with van der Waals surface area (Å²) in [6.45, 7) is 1.89. The van der Waals surface area contributed by atoms with E-state index in [2.05, 4.69) is 15.9 Å². The van der Waals surface area contributed by atoms with Crippen molar-refractivity contribution in [1.82, 2.24) is 0 Å². The van der Waals surface area contributed by atoms with Crippen LogP contribution in [-0.4, -0.2) is 9.75 Å².